The summed E-state index contributed by atoms with van der Waals surface area (Å²) < 4.78 is 9.09. The summed E-state index contributed by atoms with van der Waals surface area (Å²) in [6.07, 6.45) is 4.95. The summed E-state index contributed by atoms with van der Waals surface area (Å²) in [5, 5.41) is 0. The highest BCUT2D eigenvalue weighted by Gasteiger charge is 2.19. The Morgan fingerprint density at radius 2 is 2.00 bits per heavy atom. The fourth-order valence-corrected chi connectivity index (χ4v) is 1.64. The maximum atomic E-state index is 11.2. The second kappa shape index (κ2) is 7.51. The molecule has 0 N–H and O–H groups in total. The van der Waals surface area contributed by atoms with E-state index in [1.54, 1.807) is 0 Å². The third-order valence-electron chi connectivity index (χ3n) is 1.81. The molecule has 0 fully saturated rings. The van der Waals surface area contributed by atoms with E-state index in [0.717, 1.165) is 8.20 Å². The smallest absolute Gasteiger partial charge is 0.309 e. The number of esters is 2. The maximum Gasteiger partial charge on any atom is 0.309 e. The average molecular weight is 218 g/mol. The Balaban J connectivity index is 4.02. The molecular weight excluding hydrogens is 203 g/mol. The SMILES string of the molecule is C=PCC(CCC(=O)OC)C(=O)OC. The van der Waals surface area contributed by atoms with Crippen LogP contribution in [0.5, 0.6) is 0 Å². The molecule has 0 aromatic heterocycles. The molecule has 0 spiro atoms. The van der Waals surface area contributed by atoms with Gasteiger partial charge in [0, 0.05) is 12.6 Å². The van der Waals surface area contributed by atoms with Gasteiger partial charge in [-0.3, -0.25) is 9.59 Å². The normalized spacial score (nSPS) is 12.1. The fraction of sp³-hybridized carbons (Fsp3) is 0.667. The van der Waals surface area contributed by atoms with Gasteiger partial charge in [-0.25, -0.2) is 0 Å². The molecule has 80 valence electrons. The van der Waals surface area contributed by atoms with E-state index in [4.69, 9.17) is 0 Å². The van der Waals surface area contributed by atoms with Gasteiger partial charge < -0.3 is 9.47 Å². The summed E-state index contributed by atoms with van der Waals surface area (Å²) in [5.41, 5.74) is 0. The van der Waals surface area contributed by atoms with Crippen LogP contribution in [0.3, 0.4) is 0 Å². The van der Waals surface area contributed by atoms with Crippen LogP contribution >= 0.6 is 8.20 Å². The molecule has 4 nitrogen and oxygen atoms in total. The minimum Gasteiger partial charge on any atom is -0.469 e. The average Bonchev–Trinajstić information content (AvgIpc) is 2.22. The molecule has 0 rings (SSSR count). The predicted octanol–water partition coefficient (Wildman–Crippen LogP) is 1.11. The minimum absolute atomic E-state index is 0.242. The number of ether oxygens (including phenoxy) is 2. The van der Waals surface area contributed by atoms with Crippen molar-refractivity contribution in [1.29, 1.82) is 0 Å². The molecule has 0 radical (unpaired) electrons. The number of rotatable bonds is 6. The molecule has 14 heavy (non-hydrogen) atoms. The molecule has 0 saturated carbocycles. The lowest BCUT2D eigenvalue weighted by Crippen LogP contribution is -2.19. The monoisotopic (exact) mass is 218 g/mol. The van der Waals surface area contributed by atoms with E-state index < -0.39 is 0 Å². The Hall–Kier alpha value is -0.890. The van der Waals surface area contributed by atoms with E-state index in [1.165, 1.54) is 14.2 Å². The van der Waals surface area contributed by atoms with E-state index >= 15 is 0 Å². The van der Waals surface area contributed by atoms with Crippen molar-refractivity contribution in [1.82, 2.24) is 0 Å². The van der Waals surface area contributed by atoms with Crippen molar-refractivity contribution in [2.24, 2.45) is 5.92 Å². The van der Waals surface area contributed by atoms with E-state index in [1.807, 2.05) is 0 Å². The largest absolute Gasteiger partial charge is 0.469 e. The van der Waals surface area contributed by atoms with Crippen molar-refractivity contribution in [2.45, 2.75) is 12.8 Å². The highest BCUT2D eigenvalue weighted by atomic mass is 31.1. The molecule has 5 heteroatoms. The first-order chi connectivity index (χ1) is 6.65. The van der Waals surface area contributed by atoms with Gasteiger partial charge >= 0.3 is 11.9 Å². The van der Waals surface area contributed by atoms with Crippen molar-refractivity contribution in [3.8, 4) is 0 Å². The molecule has 0 aromatic rings. The molecule has 0 amide bonds. The van der Waals surface area contributed by atoms with Gasteiger partial charge in [-0.1, -0.05) is 6.30 Å². The van der Waals surface area contributed by atoms with Gasteiger partial charge in [0.05, 0.1) is 20.1 Å². The van der Waals surface area contributed by atoms with Crippen LogP contribution in [0, 0.1) is 5.92 Å². The second-order valence-electron chi connectivity index (χ2n) is 2.74. The molecule has 1 atom stereocenters. The maximum absolute atomic E-state index is 11.2. The van der Waals surface area contributed by atoms with Crippen molar-refractivity contribution >= 4 is 26.4 Å². The first-order valence-corrected chi connectivity index (χ1v) is 5.49. The Bertz CT molecular complexity index is 215. The summed E-state index contributed by atoms with van der Waals surface area (Å²) in [5.74, 6) is -0.844. The zero-order chi connectivity index (χ0) is 11.0. The van der Waals surface area contributed by atoms with Gasteiger partial charge in [0.25, 0.3) is 0 Å². The van der Waals surface area contributed by atoms with Crippen molar-refractivity contribution in [3.63, 3.8) is 0 Å². The van der Waals surface area contributed by atoms with Crippen molar-refractivity contribution in [3.05, 3.63) is 0 Å². The number of hydrogen-bond acceptors (Lipinski definition) is 4. The van der Waals surface area contributed by atoms with Gasteiger partial charge in [-0.2, -0.15) is 0 Å². The molecule has 0 aliphatic rings. The predicted molar refractivity (Wildman–Crippen MR) is 55.7 cm³/mol. The zero-order valence-corrected chi connectivity index (χ0v) is 9.38. The van der Waals surface area contributed by atoms with Gasteiger partial charge in [-0.15, -0.1) is 8.20 Å². The summed E-state index contributed by atoms with van der Waals surface area (Å²) in [4.78, 5) is 22.0. The first kappa shape index (κ1) is 13.1. The Morgan fingerprint density at radius 3 is 2.43 bits per heavy atom. The molecule has 0 aliphatic carbocycles. The van der Waals surface area contributed by atoms with Gasteiger partial charge in [0.1, 0.15) is 0 Å². The van der Waals surface area contributed by atoms with E-state index in [0.29, 0.717) is 12.6 Å². The molecule has 1 unspecified atom stereocenters. The van der Waals surface area contributed by atoms with Crippen LogP contribution in [0.2, 0.25) is 0 Å². The summed E-state index contributed by atoms with van der Waals surface area (Å²) in [6.45, 7) is 0. The topological polar surface area (TPSA) is 52.6 Å². The molecular formula is C9H15O4P. The Morgan fingerprint density at radius 1 is 1.36 bits per heavy atom. The van der Waals surface area contributed by atoms with Crippen LogP contribution in [0.1, 0.15) is 12.8 Å². The van der Waals surface area contributed by atoms with Crippen molar-refractivity contribution < 1.29 is 19.1 Å². The minimum atomic E-state index is -0.306. The molecule has 0 saturated heterocycles. The van der Waals surface area contributed by atoms with Crippen LogP contribution in [-0.4, -0.2) is 38.6 Å². The van der Waals surface area contributed by atoms with Crippen LogP contribution in [0.15, 0.2) is 0 Å². The van der Waals surface area contributed by atoms with Gasteiger partial charge in [-0.05, 0) is 6.42 Å². The van der Waals surface area contributed by atoms with Crippen LogP contribution in [0.4, 0.5) is 0 Å². The summed E-state index contributed by atoms with van der Waals surface area (Å²) >= 11 is 0. The number of carbonyl (C=O) groups is 2. The lowest BCUT2D eigenvalue weighted by Gasteiger charge is -2.10. The van der Waals surface area contributed by atoms with Gasteiger partial charge in [0.2, 0.25) is 0 Å². The fourth-order valence-electron chi connectivity index (χ4n) is 1.00. The summed E-state index contributed by atoms with van der Waals surface area (Å²) in [6, 6.07) is 0. The van der Waals surface area contributed by atoms with E-state index in [-0.39, 0.29) is 24.3 Å². The van der Waals surface area contributed by atoms with E-state index in [9.17, 15) is 9.59 Å². The quantitative estimate of drug-likeness (QED) is 0.495. The van der Waals surface area contributed by atoms with Crippen molar-refractivity contribution in [2.75, 3.05) is 20.4 Å². The third-order valence-corrected chi connectivity index (χ3v) is 2.51. The molecule has 0 aromatic carbocycles. The van der Waals surface area contributed by atoms with Gasteiger partial charge in [0.15, 0.2) is 0 Å². The van der Waals surface area contributed by atoms with Crippen LogP contribution < -0.4 is 0 Å². The number of methoxy groups -OCH3 is 2. The number of carbonyl (C=O) groups excluding carboxylic acids is 2. The van der Waals surface area contributed by atoms with Crippen LogP contribution in [-0.2, 0) is 19.1 Å². The second-order valence-corrected chi connectivity index (χ2v) is 3.55. The Kier molecular flexibility index (Phi) is 7.03. The molecule has 0 heterocycles. The lowest BCUT2D eigenvalue weighted by molar-refractivity contribution is -0.145. The Labute approximate surface area is 85.4 Å². The molecule has 0 bridgehead atoms. The van der Waals surface area contributed by atoms with E-state index in [2.05, 4.69) is 15.8 Å². The highest BCUT2D eigenvalue weighted by molar-refractivity contribution is 7.36. The highest BCUT2D eigenvalue weighted by Crippen LogP contribution is 2.14. The summed E-state index contributed by atoms with van der Waals surface area (Å²) in [7, 11) is 3.54. The number of hydrogen-bond donors (Lipinski definition) is 0. The van der Waals surface area contributed by atoms with Crippen LogP contribution in [0.25, 0.3) is 0 Å². The zero-order valence-electron chi connectivity index (χ0n) is 8.49. The molecule has 0 aliphatic heterocycles. The first-order valence-electron chi connectivity index (χ1n) is 4.22. The third kappa shape index (κ3) is 4.97. The lowest BCUT2D eigenvalue weighted by atomic mass is 10.1. The standard InChI is InChI=1S/C9H15O4P/c1-12-8(10)5-4-7(6-14-3)9(11)13-2/h7H,3-6H2,1-2H3.